The van der Waals surface area contributed by atoms with Gasteiger partial charge in [0.25, 0.3) is 0 Å². The Kier molecular flexibility index (Phi) is 4.25. The van der Waals surface area contributed by atoms with E-state index in [0.29, 0.717) is 18.1 Å². The van der Waals surface area contributed by atoms with Crippen LogP contribution in [0.3, 0.4) is 0 Å². The highest BCUT2D eigenvalue weighted by Crippen LogP contribution is 2.20. The fourth-order valence-corrected chi connectivity index (χ4v) is 1.12. The number of nitrogens with zero attached hydrogens (tertiary/aromatic N) is 3. The molecule has 1 rings (SSSR count). The van der Waals surface area contributed by atoms with Crippen molar-refractivity contribution in [3.63, 3.8) is 0 Å². The first-order valence-electron chi connectivity index (χ1n) is 4.92. The number of hydrogen-bond acceptors (Lipinski definition) is 5. The first kappa shape index (κ1) is 11.7. The second-order valence-electron chi connectivity index (χ2n) is 3.47. The van der Waals surface area contributed by atoms with Crippen molar-refractivity contribution < 1.29 is 9.26 Å². The quantitative estimate of drug-likeness (QED) is 0.743. The number of aromatic nitrogens is 2. The smallest absolute Gasteiger partial charge is 0.229 e. The summed E-state index contributed by atoms with van der Waals surface area (Å²) in [6.07, 6.45) is 1.07. The molecule has 0 aliphatic heterocycles. The highest BCUT2D eigenvalue weighted by molar-refractivity contribution is 4.95. The lowest BCUT2D eigenvalue weighted by Crippen LogP contribution is -1.99. The lowest BCUT2D eigenvalue weighted by Gasteiger charge is -2.02. The van der Waals surface area contributed by atoms with E-state index in [9.17, 15) is 0 Å². The van der Waals surface area contributed by atoms with Crippen LogP contribution < -0.4 is 0 Å². The summed E-state index contributed by atoms with van der Waals surface area (Å²) in [5.41, 5.74) is 0. The third kappa shape index (κ3) is 3.03. The van der Waals surface area contributed by atoms with Crippen LogP contribution in [-0.2, 0) is 4.74 Å². The van der Waals surface area contributed by atoms with E-state index in [1.807, 2.05) is 13.8 Å². The third-order valence-corrected chi connectivity index (χ3v) is 2.29. The maximum Gasteiger partial charge on any atom is 0.229 e. The van der Waals surface area contributed by atoms with Gasteiger partial charge in [-0.15, -0.1) is 0 Å². The van der Waals surface area contributed by atoms with E-state index in [1.165, 1.54) is 0 Å². The van der Waals surface area contributed by atoms with E-state index < -0.39 is 0 Å². The molecule has 5 nitrogen and oxygen atoms in total. The monoisotopic (exact) mass is 209 g/mol. The van der Waals surface area contributed by atoms with Crippen molar-refractivity contribution in [3.05, 3.63) is 11.7 Å². The molecule has 0 N–H and O–H groups in total. The molecule has 1 aromatic heterocycles. The number of nitriles is 1. The molecule has 0 radical (unpaired) electrons. The van der Waals surface area contributed by atoms with Crippen LogP contribution in [0.15, 0.2) is 4.52 Å². The zero-order valence-electron chi connectivity index (χ0n) is 9.23. The topological polar surface area (TPSA) is 71.9 Å². The number of hydrogen-bond donors (Lipinski definition) is 0. The number of methoxy groups -OCH3 is 1. The zero-order chi connectivity index (χ0) is 11.3. The van der Waals surface area contributed by atoms with E-state index in [1.54, 1.807) is 7.11 Å². The molecule has 0 aliphatic rings. The fourth-order valence-electron chi connectivity index (χ4n) is 1.12. The van der Waals surface area contributed by atoms with Gasteiger partial charge in [-0.1, -0.05) is 12.1 Å². The molecule has 1 heterocycles. The van der Waals surface area contributed by atoms with Gasteiger partial charge in [-0.2, -0.15) is 10.2 Å². The van der Waals surface area contributed by atoms with Gasteiger partial charge in [-0.3, -0.25) is 0 Å². The first-order valence-corrected chi connectivity index (χ1v) is 4.92. The molecule has 2 atom stereocenters. The molecule has 0 bridgehead atoms. The summed E-state index contributed by atoms with van der Waals surface area (Å²) >= 11 is 0. The molecule has 0 spiro atoms. The Morgan fingerprint density at radius 3 is 2.87 bits per heavy atom. The summed E-state index contributed by atoms with van der Waals surface area (Å²) in [7, 11) is 1.60. The predicted molar refractivity (Wildman–Crippen MR) is 53.0 cm³/mol. The highest BCUT2D eigenvalue weighted by Gasteiger charge is 2.17. The molecule has 0 saturated carbocycles. The molecule has 0 amide bonds. The van der Waals surface area contributed by atoms with Gasteiger partial charge in [-0.05, 0) is 13.3 Å². The van der Waals surface area contributed by atoms with Crippen molar-refractivity contribution in [2.75, 3.05) is 7.11 Å². The van der Waals surface area contributed by atoms with Crippen molar-refractivity contribution in [3.8, 4) is 6.07 Å². The van der Waals surface area contributed by atoms with Crippen molar-refractivity contribution >= 4 is 0 Å². The Hall–Kier alpha value is -1.41. The lowest BCUT2D eigenvalue weighted by molar-refractivity contribution is 0.109. The van der Waals surface area contributed by atoms with Crippen molar-refractivity contribution in [1.29, 1.82) is 5.26 Å². The van der Waals surface area contributed by atoms with E-state index in [4.69, 9.17) is 14.5 Å². The average molecular weight is 209 g/mol. The van der Waals surface area contributed by atoms with Gasteiger partial charge in [0.15, 0.2) is 5.82 Å². The molecule has 2 unspecified atom stereocenters. The summed E-state index contributed by atoms with van der Waals surface area (Å²) in [4.78, 5) is 4.22. The normalized spacial score (nSPS) is 14.5. The molecule has 0 aliphatic carbocycles. The maximum absolute atomic E-state index is 8.46. The van der Waals surface area contributed by atoms with Crippen LogP contribution in [0.4, 0.5) is 0 Å². The largest absolute Gasteiger partial charge is 0.374 e. The zero-order valence-corrected chi connectivity index (χ0v) is 9.23. The number of ether oxygens (including phenoxy) is 1. The standard InChI is InChI=1S/C10H15N3O2/c1-7(5-4-6-11)10-12-9(13-15-10)8(2)14-3/h7-8H,4-5H2,1-3H3. The molecule has 15 heavy (non-hydrogen) atoms. The third-order valence-electron chi connectivity index (χ3n) is 2.29. The van der Waals surface area contributed by atoms with E-state index >= 15 is 0 Å². The molecule has 0 saturated heterocycles. The van der Waals surface area contributed by atoms with Gasteiger partial charge in [0.1, 0.15) is 6.10 Å². The van der Waals surface area contributed by atoms with Gasteiger partial charge < -0.3 is 9.26 Å². The van der Waals surface area contributed by atoms with Crippen LogP contribution in [0.1, 0.15) is 50.4 Å². The molecule has 1 aromatic rings. The van der Waals surface area contributed by atoms with E-state index in [-0.39, 0.29) is 12.0 Å². The molecular formula is C10H15N3O2. The van der Waals surface area contributed by atoms with Crippen LogP contribution >= 0.6 is 0 Å². The second-order valence-corrected chi connectivity index (χ2v) is 3.47. The second kappa shape index (κ2) is 5.47. The van der Waals surface area contributed by atoms with Crippen LogP contribution in [0.5, 0.6) is 0 Å². The van der Waals surface area contributed by atoms with E-state index in [0.717, 1.165) is 6.42 Å². The summed E-state index contributed by atoms with van der Waals surface area (Å²) in [6, 6.07) is 2.09. The fraction of sp³-hybridized carbons (Fsp3) is 0.700. The Morgan fingerprint density at radius 1 is 1.53 bits per heavy atom. The van der Waals surface area contributed by atoms with E-state index in [2.05, 4.69) is 16.2 Å². The van der Waals surface area contributed by atoms with Crippen molar-refractivity contribution in [2.45, 2.75) is 38.7 Å². The van der Waals surface area contributed by atoms with Crippen LogP contribution in [0.2, 0.25) is 0 Å². The summed E-state index contributed by atoms with van der Waals surface area (Å²) < 4.78 is 10.2. The Balaban J connectivity index is 2.63. The predicted octanol–water partition coefficient (Wildman–Crippen LogP) is 2.18. The first-order chi connectivity index (χ1) is 7.19. The average Bonchev–Trinajstić information content (AvgIpc) is 2.74. The van der Waals surface area contributed by atoms with Crippen LogP contribution in [0.25, 0.3) is 0 Å². The van der Waals surface area contributed by atoms with Crippen molar-refractivity contribution in [1.82, 2.24) is 10.1 Å². The maximum atomic E-state index is 8.46. The van der Waals surface area contributed by atoms with Gasteiger partial charge in [-0.25, -0.2) is 0 Å². The molecular weight excluding hydrogens is 194 g/mol. The minimum absolute atomic E-state index is 0.120. The van der Waals surface area contributed by atoms with Crippen LogP contribution in [-0.4, -0.2) is 17.3 Å². The summed E-state index contributed by atoms with van der Waals surface area (Å²) in [5, 5.41) is 12.3. The van der Waals surface area contributed by atoms with Gasteiger partial charge in [0.2, 0.25) is 5.89 Å². The van der Waals surface area contributed by atoms with Gasteiger partial charge in [0.05, 0.1) is 6.07 Å². The lowest BCUT2D eigenvalue weighted by atomic mass is 10.1. The minimum atomic E-state index is -0.161. The van der Waals surface area contributed by atoms with Gasteiger partial charge >= 0.3 is 0 Å². The van der Waals surface area contributed by atoms with Crippen molar-refractivity contribution in [2.24, 2.45) is 0 Å². The summed E-state index contributed by atoms with van der Waals surface area (Å²) in [5.74, 6) is 1.25. The molecule has 0 aromatic carbocycles. The molecule has 5 heteroatoms. The van der Waals surface area contributed by atoms with Gasteiger partial charge in [0, 0.05) is 19.4 Å². The Bertz CT molecular complexity index is 343. The van der Waals surface area contributed by atoms with Crippen LogP contribution in [0, 0.1) is 11.3 Å². The minimum Gasteiger partial charge on any atom is -0.374 e. The Labute approximate surface area is 89.0 Å². The molecule has 0 fully saturated rings. The summed E-state index contributed by atoms with van der Waals surface area (Å²) in [6.45, 7) is 3.82. The number of rotatable bonds is 5. The SMILES string of the molecule is COC(C)c1noc(C(C)CCC#N)n1. The highest BCUT2D eigenvalue weighted by atomic mass is 16.5. The Morgan fingerprint density at radius 2 is 2.27 bits per heavy atom. The molecule has 82 valence electrons.